The maximum absolute atomic E-state index is 14.0. The number of nitrogens with zero attached hydrogens (tertiary/aromatic N) is 3. The fourth-order valence-electron chi connectivity index (χ4n) is 4.45. The van der Waals surface area contributed by atoms with E-state index in [1.165, 1.54) is 23.0 Å². The first-order valence-corrected chi connectivity index (χ1v) is 12.9. The number of amides is 1. The highest BCUT2D eigenvalue weighted by molar-refractivity contribution is 7.10. The molecule has 5 rings (SSSR count). The van der Waals surface area contributed by atoms with Gasteiger partial charge in [-0.25, -0.2) is 9.79 Å². The lowest BCUT2D eigenvalue weighted by atomic mass is 10.0. The third kappa shape index (κ3) is 3.87. The molecule has 4 heterocycles. The number of carbonyl (C=O) groups is 2. The molecule has 184 valence electrons. The highest BCUT2D eigenvalue weighted by Gasteiger charge is 2.37. The Morgan fingerprint density at radius 1 is 1.19 bits per heavy atom. The quantitative estimate of drug-likeness (QED) is 0.271. The van der Waals surface area contributed by atoms with Crippen LogP contribution in [0.25, 0.3) is 5.57 Å². The van der Waals surface area contributed by atoms with Crippen molar-refractivity contribution in [2.24, 2.45) is 4.99 Å². The third-order valence-electron chi connectivity index (χ3n) is 6.01. The van der Waals surface area contributed by atoms with Crippen molar-refractivity contribution in [3.8, 4) is 0 Å². The second-order valence-corrected chi connectivity index (χ2v) is 10.1. The molecule has 8 nitrogen and oxygen atoms in total. The number of carbonyl (C=O) groups excluding carboxylic acids is 2. The molecule has 3 aromatic rings. The van der Waals surface area contributed by atoms with Crippen LogP contribution in [0.2, 0.25) is 0 Å². The van der Waals surface area contributed by atoms with Crippen LogP contribution in [-0.2, 0) is 19.1 Å². The fourth-order valence-corrected chi connectivity index (χ4v) is 6.41. The molecular formula is C26H23N3O5S2. The number of fused-ring (bicyclic) bond motifs is 2. The number of esters is 1. The van der Waals surface area contributed by atoms with Gasteiger partial charge < -0.3 is 14.4 Å². The Bertz CT molecular complexity index is 1580. The van der Waals surface area contributed by atoms with Crippen LogP contribution in [-0.4, -0.2) is 43.3 Å². The molecule has 0 saturated carbocycles. The zero-order chi connectivity index (χ0) is 25.4. The van der Waals surface area contributed by atoms with Gasteiger partial charge in [0.25, 0.3) is 11.5 Å². The molecule has 0 bridgehead atoms. The predicted molar refractivity (Wildman–Crippen MR) is 139 cm³/mol. The van der Waals surface area contributed by atoms with Crippen LogP contribution < -0.4 is 19.8 Å². The number of rotatable bonds is 7. The number of allylic oxidation sites excluding steroid dienone is 1. The minimum Gasteiger partial charge on any atom is -0.460 e. The van der Waals surface area contributed by atoms with Crippen molar-refractivity contribution < 1.29 is 19.1 Å². The van der Waals surface area contributed by atoms with Crippen LogP contribution in [0.5, 0.6) is 0 Å². The molecule has 2 aliphatic heterocycles. The summed E-state index contributed by atoms with van der Waals surface area (Å²) in [5.41, 5.74) is 2.16. The van der Waals surface area contributed by atoms with Gasteiger partial charge in [0, 0.05) is 24.1 Å². The molecule has 1 unspecified atom stereocenters. The molecule has 2 aromatic heterocycles. The largest absolute Gasteiger partial charge is 0.460 e. The highest BCUT2D eigenvalue weighted by atomic mass is 32.1. The first-order chi connectivity index (χ1) is 17.5. The summed E-state index contributed by atoms with van der Waals surface area (Å²) in [6.07, 6.45) is 1.65. The summed E-state index contributed by atoms with van der Waals surface area (Å²) < 4.78 is 12.2. The lowest BCUT2D eigenvalue weighted by Crippen LogP contribution is -2.40. The van der Waals surface area contributed by atoms with Crippen molar-refractivity contribution in [3.63, 3.8) is 0 Å². The van der Waals surface area contributed by atoms with Gasteiger partial charge >= 0.3 is 5.97 Å². The number of benzene rings is 1. The van der Waals surface area contributed by atoms with Gasteiger partial charge in [0.15, 0.2) is 4.80 Å². The smallest absolute Gasteiger partial charge is 0.338 e. The molecule has 0 saturated heterocycles. The van der Waals surface area contributed by atoms with Crippen molar-refractivity contribution in [3.05, 3.63) is 95.8 Å². The van der Waals surface area contributed by atoms with Crippen LogP contribution in [0, 0.1) is 0 Å². The Kier molecular flexibility index (Phi) is 6.57. The molecule has 0 radical (unpaired) electrons. The molecule has 10 heteroatoms. The van der Waals surface area contributed by atoms with E-state index in [4.69, 9.17) is 9.47 Å². The second kappa shape index (κ2) is 9.81. The second-order valence-electron chi connectivity index (χ2n) is 8.14. The maximum Gasteiger partial charge on any atom is 0.338 e. The van der Waals surface area contributed by atoms with Gasteiger partial charge in [-0.05, 0) is 24.4 Å². The third-order valence-corrected chi connectivity index (χ3v) is 7.99. The number of thiazole rings is 1. The molecule has 0 N–H and O–H groups in total. The number of anilines is 1. The molecule has 1 amide bonds. The fraction of sp³-hybridized carbons (Fsp3) is 0.231. The Morgan fingerprint density at radius 3 is 2.72 bits per heavy atom. The van der Waals surface area contributed by atoms with E-state index in [-0.39, 0.29) is 24.7 Å². The van der Waals surface area contributed by atoms with Gasteiger partial charge in [-0.3, -0.25) is 14.2 Å². The summed E-state index contributed by atoms with van der Waals surface area (Å²) in [6, 6.07) is 10.4. The molecule has 1 aromatic carbocycles. The monoisotopic (exact) mass is 521 g/mol. The summed E-state index contributed by atoms with van der Waals surface area (Å²) in [7, 11) is 1.53. The van der Waals surface area contributed by atoms with E-state index >= 15 is 0 Å². The van der Waals surface area contributed by atoms with Gasteiger partial charge in [0.2, 0.25) is 0 Å². The van der Waals surface area contributed by atoms with Crippen LogP contribution in [0.1, 0.15) is 23.4 Å². The van der Waals surface area contributed by atoms with Gasteiger partial charge in [-0.1, -0.05) is 41.7 Å². The van der Waals surface area contributed by atoms with Gasteiger partial charge in [0.05, 0.1) is 29.1 Å². The Balaban J connectivity index is 1.74. The van der Waals surface area contributed by atoms with Crippen molar-refractivity contribution in [1.82, 2.24) is 4.57 Å². The molecule has 2 aliphatic rings. The predicted octanol–water partition coefficient (Wildman–Crippen LogP) is 2.39. The number of ether oxygens (including phenoxy) is 2. The average Bonchev–Trinajstić information content (AvgIpc) is 3.57. The summed E-state index contributed by atoms with van der Waals surface area (Å²) >= 11 is 2.59. The van der Waals surface area contributed by atoms with Crippen LogP contribution >= 0.6 is 22.7 Å². The first kappa shape index (κ1) is 24.1. The van der Waals surface area contributed by atoms with E-state index in [1.54, 1.807) is 17.9 Å². The minimum absolute atomic E-state index is 0.0856. The molecule has 0 fully saturated rings. The molecule has 1 atom stereocenters. The number of aromatic nitrogens is 1. The van der Waals surface area contributed by atoms with Crippen molar-refractivity contribution in [2.75, 3.05) is 31.8 Å². The molecule has 0 spiro atoms. The number of hydrogen-bond acceptors (Lipinski definition) is 8. The molecule has 36 heavy (non-hydrogen) atoms. The molecule has 0 aliphatic carbocycles. The SMILES string of the molecule is C=CCN1C(=O)C(=c2sc3n(c2=O)C(c2cccs2)C(C(=O)OCCOC)=C(C)N=3)c2ccccc21. The number of hydrogen-bond donors (Lipinski definition) is 0. The Morgan fingerprint density at radius 2 is 2.00 bits per heavy atom. The number of methoxy groups -OCH3 is 1. The van der Waals surface area contributed by atoms with Crippen molar-refractivity contribution in [1.29, 1.82) is 0 Å². The van der Waals surface area contributed by atoms with Gasteiger partial charge in [0.1, 0.15) is 17.2 Å². The lowest BCUT2D eigenvalue weighted by Gasteiger charge is -2.23. The van der Waals surface area contributed by atoms with E-state index in [0.29, 0.717) is 38.3 Å². The van der Waals surface area contributed by atoms with Crippen LogP contribution in [0.4, 0.5) is 5.69 Å². The summed E-state index contributed by atoms with van der Waals surface area (Å²) in [5.74, 6) is -0.812. The van der Waals surface area contributed by atoms with E-state index in [2.05, 4.69) is 11.6 Å². The Hall–Kier alpha value is -3.60. The van der Waals surface area contributed by atoms with Crippen molar-refractivity contribution >= 4 is 45.8 Å². The van der Waals surface area contributed by atoms with Crippen molar-refractivity contribution in [2.45, 2.75) is 13.0 Å². The van der Waals surface area contributed by atoms with E-state index < -0.39 is 12.0 Å². The normalized spacial score (nSPS) is 18.1. The van der Waals surface area contributed by atoms with E-state index in [9.17, 15) is 14.4 Å². The maximum atomic E-state index is 14.0. The number of thiophene rings is 1. The Labute approximate surface area is 214 Å². The topological polar surface area (TPSA) is 90.2 Å². The summed E-state index contributed by atoms with van der Waals surface area (Å²) in [6.45, 7) is 6.16. The van der Waals surface area contributed by atoms with E-state index in [1.807, 2.05) is 41.8 Å². The summed E-state index contributed by atoms with van der Waals surface area (Å²) in [5, 5.41) is 1.89. The van der Waals surface area contributed by atoms with Gasteiger partial charge in [-0.15, -0.1) is 17.9 Å². The lowest BCUT2D eigenvalue weighted by molar-refractivity contribution is -0.140. The number of para-hydroxylation sites is 1. The molecular weight excluding hydrogens is 498 g/mol. The van der Waals surface area contributed by atoms with Crippen LogP contribution in [0.15, 0.2) is 75.5 Å². The average molecular weight is 522 g/mol. The zero-order valence-corrected chi connectivity index (χ0v) is 21.4. The minimum atomic E-state index is -0.707. The van der Waals surface area contributed by atoms with Crippen LogP contribution in [0.3, 0.4) is 0 Å². The zero-order valence-electron chi connectivity index (χ0n) is 19.7. The standard InChI is InChI=1S/C26H23N3O5S2/c1-4-11-28-17-9-6-5-8-16(17)20(23(28)30)22-24(31)29-21(18-10-7-14-35-18)19(15(2)27-26(29)36-22)25(32)34-13-12-33-3/h4-10,14,21H,1,11-13H2,2-3H3. The first-order valence-electron chi connectivity index (χ1n) is 11.2. The highest BCUT2D eigenvalue weighted by Crippen LogP contribution is 2.36. The summed E-state index contributed by atoms with van der Waals surface area (Å²) in [4.78, 5) is 48.0. The van der Waals surface area contributed by atoms with Gasteiger partial charge in [-0.2, -0.15) is 0 Å². The van der Waals surface area contributed by atoms with E-state index in [0.717, 1.165) is 21.9 Å².